The highest BCUT2D eigenvalue weighted by molar-refractivity contribution is 5.89. The average Bonchev–Trinajstić information content (AvgIpc) is 2.83. The summed E-state index contributed by atoms with van der Waals surface area (Å²) in [6.45, 7) is 5.89. The maximum absolute atomic E-state index is 12.0. The zero-order valence-corrected chi connectivity index (χ0v) is 11.7. The SMILES string of the molecule is CCOC(=O)C(C)(C)c1cc2cccc(OC)c2[nH]1. The number of aromatic nitrogens is 1. The second-order valence-corrected chi connectivity index (χ2v) is 4.95. The first-order valence-corrected chi connectivity index (χ1v) is 6.34. The summed E-state index contributed by atoms with van der Waals surface area (Å²) in [4.78, 5) is 15.3. The van der Waals surface area contributed by atoms with Crippen molar-refractivity contribution in [1.82, 2.24) is 4.98 Å². The highest BCUT2D eigenvalue weighted by Crippen LogP contribution is 2.31. The minimum absolute atomic E-state index is 0.236. The molecule has 0 aliphatic heterocycles. The van der Waals surface area contributed by atoms with Crippen LogP contribution in [-0.2, 0) is 14.9 Å². The Morgan fingerprint density at radius 1 is 1.37 bits per heavy atom. The number of rotatable bonds is 4. The highest BCUT2D eigenvalue weighted by Gasteiger charge is 2.33. The largest absolute Gasteiger partial charge is 0.495 e. The molecule has 0 aliphatic rings. The molecule has 0 radical (unpaired) electrons. The average molecular weight is 261 g/mol. The molecule has 0 spiro atoms. The number of H-pyrrole nitrogens is 1. The van der Waals surface area contributed by atoms with Crippen LogP contribution < -0.4 is 4.74 Å². The first kappa shape index (κ1) is 13.5. The second kappa shape index (κ2) is 4.96. The molecule has 1 N–H and O–H groups in total. The Kier molecular flexibility index (Phi) is 3.51. The minimum atomic E-state index is -0.708. The van der Waals surface area contributed by atoms with E-state index in [0.29, 0.717) is 6.61 Å². The maximum Gasteiger partial charge on any atom is 0.317 e. The molecule has 0 amide bonds. The number of aromatic amines is 1. The van der Waals surface area contributed by atoms with Crippen molar-refractivity contribution in [2.45, 2.75) is 26.2 Å². The van der Waals surface area contributed by atoms with Crippen LogP contribution in [-0.4, -0.2) is 24.7 Å². The van der Waals surface area contributed by atoms with Crippen LogP contribution in [0.15, 0.2) is 24.3 Å². The van der Waals surface area contributed by atoms with E-state index in [0.717, 1.165) is 22.3 Å². The van der Waals surface area contributed by atoms with Gasteiger partial charge in [-0.3, -0.25) is 4.79 Å². The van der Waals surface area contributed by atoms with Gasteiger partial charge in [-0.15, -0.1) is 0 Å². The molecular weight excluding hydrogens is 242 g/mol. The van der Waals surface area contributed by atoms with Gasteiger partial charge in [-0.25, -0.2) is 0 Å². The third-order valence-electron chi connectivity index (χ3n) is 3.30. The van der Waals surface area contributed by atoms with Crippen LogP contribution in [0.1, 0.15) is 26.5 Å². The number of para-hydroxylation sites is 1. The van der Waals surface area contributed by atoms with Crippen molar-refractivity contribution in [3.8, 4) is 5.75 Å². The molecule has 102 valence electrons. The van der Waals surface area contributed by atoms with Gasteiger partial charge in [-0.2, -0.15) is 0 Å². The number of ether oxygens (including phenoxy) is 2. The molecule has 0 saturated carbocycles. The molecule has 2 rings (SSSR count). The Labute approximate surface area is 112 Å². The summed E-state index contributed by atoms with van der Waals surface area (Å²) in [5.74, 6) is 0.531. The summed E-state index contributed by atoms with van der Waals surface area (Å²) in [7, 11) is 1.63. The van der Waals surface area contributed by atoms with Crippen LogP contribution in [0.5, 0.6) is 5.75 Å². The lowest BCUT2D eigenvalue weighted by Crippen LogP contribution is -2.31. The van der Waals surface area contributed by atoms with E-state index in [1.165, 1.54) is 0 Å². The Bertz CT molecular complexity index is 598. The first-order chi connectivity index (χ1) is 9.00. The highest BCUT2D eigenvalue weighted by atomic mass is 16.5. The lowest BCUT2D eigenvalue weighted by atomic mass is 9.89. The number of fused-ring (bicyclic) bond motifs is 1. The topological polar surface area (TPSA) is 51.3 Å². The smallest absolute Gasteiger partial charge is 0.317 e. The fourth-order valence-corrected chi connectivity index (χ4v) is 2.06. The van der Waals surface area contributed by atoms with Gasteiger partial charge in [0.15, 0.2) is 0 Å². The van der Waals surface area contributed by atoms with E-state index in [1.54, 1.807) is 7.11 Å². The summed E-state index contributed by atoms with van der Waals surface area (Å²) in [6, 6.07) is 7.77. The molecular formula is C15H19NO3. The maximum atomic E-state index is 12.0. The van der Waals surface area contributed by atoms with Crippen molar-refractivity contribution in [1.29, 1.82) is 0 Å². The van der Waals surface area contributed by atoms with Crippen molar-refractivity contribution < 1.29 is 14.3 Å². The molecule has 4 heteroatoms. The first-order valence-electron chi connectivity index (χ1n) is 6.34. The van der Waals surface area contributed by atoms with Crippen LogP contribution in [0, 0.1) is 0 Å². The quantitative estimate of drug-likeness (QED) is 0.861. The Morgan fingerprint density at radius 2 is 2.11 bits per heavy atom. The standard InChI is InChI=1S/C15H19NO3/c1-5-19-14(17)15(2,3)12-9-10-7-6-8-11(18-4)13(10)16-12/h6-9,16H,5H2,1-4H3. The molecule has 4 nitrogen and oxygen atoms in total. The van der Waals surface area contributed by atoms with E-state index in [2.05, 4.69) is 4.98 Å². The molecule has 1 heterocycles. The number of methoxy groups -OCH3 is 1. The predicted molar refractivity (Wildman–Crippen MR) is 74.5 cm³/mol. The minimum Gasteiger partial charge on any atom is -0.495 e. The predicted octanol–water partition coefficient (Wildman–Crippen LogP) is 3.02. The number of hydrogen-bond donors (Lipinski definition) is 1. The van der Waals surface area contributed by atoms with Crippen molar-refractivity contribution >= 4 is 16.9 Å². The number of hydrogen-bond acceptors (Lipinski definition) is 3. The van der Waals surface area contributed by atoms with Gasteiger partial charge in [-0.1, -0.05) is 12.1 Å². The summed E-state index contributed by atoms with van der Waals surface area (Å²) in [5.41, 5.74) is 1.02. The van der Waals surface area contributed by atoms with E-state index >= 15 is 0 Å². The van der Waals surface area contributed by atoms with Gasteiger partial charge < -0.3 is 14.5 Å². The van der Waals surface area contributed by atoms with Crippen LogP contribution >= 0.6 is 0 Å². The summed E-state index contributed by atoms with van der Waals surface area (Å²) in [6.07, 6.45) is 0. The van der Waals surface area contributed by atoms with E-state index < -0.39 is 5.41 Å². The number of esters is 1. The third-order valence-corrected chi connectivity index (χ3v) is 3.30. The Morgan fingerprint density at radius 3 is 2.74 bits per heavy atom. The van der Waals surface area contributed by atoms with Gasteiger partial charge in [0.1, 0.15) is 11.2 Å². The van der Waals surface area contributed by atoms with Gasteiger partial charge in [0, 0.05) is 11.1 Å². The second-order valence-electron chi connectivity index (χ2n) is 4.95. The molecule has 19 heavy (non-hydrogen) atoms. The lowest BCUT2D eigenvalue weighted by Gasteiger charge is -2.20. The number of carbonyl (C=O) groups excluding carboxylic acids is 1. The van der Waals surface area contributed by atoms with Crippen LogP contribution in [0.4, 0.5) is 0 Å². The van der Waals surface area contributed by atoms with Gasteiger partial charge in [0.2, 0.25) is 0 Å². The molecule has 1 aromatic heterocycles. The van der Waals surface area contributed by atoms with Gasteiger partial charge in [0.05, 0.1) is 19.2 Å². The molecule has 0 aliphatic carbocycles. The van der Waals surface area contributed by atoms with Gasteiger partial charge >= 0.3 is 5.97 Å². The van der Waals surface area contributed by atoms with Gasteiger partial charge in [-0.05, 0) is 32.9 Å². The van der Waals surface area contributed by atoms with Crippen LogP contribution in [0.25, 0.3) is 10.9 Å². The van der Waals surface area contributed by atoms with Crippen molar-refractivity contribution in [3.63, 3.8) is 0 Å². The van der Waals surface area contributed by atoms with E-state index in [4.69, 9.17) is 9.47 Å². The van der Waals surface area contributed by atoms with Crippen LogP contribution in [0.3, 0.4) is 0 Å². The van der Waals surface area contributed by atoms with Gasteiger partial charge in [0.25, 0.3) is 0 Å². The normalized spacial score (nSPS) is 11.6. The Hall–Kier alpha value is -1.97. The van der Waals surface area contributed by atoms with E-state index in [1.807, 2.05) is 45.0 Å². The van der Waals surface area contributed by atoms with Crippen molar-refractivity contribution in [2.24, 2.45) is 0 Å². The zero-order chi connectivity index (χ0) is 14.0. The van der Waals surface area contributed by atoms with Crippen molar-refractivity contribution in [3.05, 3.63) is 30.0 Å². The summed E-state index contributed by atoms with van der Waals surface area (Å²) < 4.78 is 10.4. The zero-order valence-electron chi connectivity index (χ0n) is 11.7. The Balaban J connectivity index is 2.49. The summed E-state index contributed by atoms with van der Waals surface area (Å²) >= 11 is 0. The lowest BCUT2D eigenvalue weighted by molar-refractivity contribution is -0.148. The molecule has 2 aromatic rings. The summed E-state index contributed by atoms with van der Waals surface area (Å²) in [5, 5.41) is 1.02. The number of benzene rings is 1. The number of nitrogens with one attached hydrogen (secondary N) is 1. The fraction of sp³-hybridized carbons (Fsp3) is 0.400. The fourth-order valence-electron chi connectivity index (χ4n) is 2.06. The molecule has 0 bridgehead atoms. The van der Waals surface area contributed by atoms with Crippen molar-refractivity contribution in [2.75, 3.05) is 13.7 Å². The molecule has 1 aromatic carbocycles. The molecule has 0 fully saturated rings. The number of carbonyl (C=O) groups is 1. The monoisotopic (exact) mass is 261 g/mol. The van der Waals surface area contributed by atoms with E-state index in [-0.39, 0.29) is 5.97 Å². The van der Waals surface area contributed by atoms with E-state index in [9.17, 15) is 4.79 Å². The van der Waals surface area contributed by atoms with Crippen LogP contribution in [0.2, 0.25) is 0 Å². The third kappa shape index (κ3) is 2.30. The molecule has 0 atom stereocenters. The molecule has 0 saturated heterocycles. The molecule has 0 unspecified atom stereocenters.